The second-order valence-electron chi connectivity index (χ2n) is 5.90. The van der Waals surface area contributed by atoms with E-state index >= 15 is 0 Å². The van der Waals surface area contributed by atoms with Crippen LogP contribution in [0.5, 0.6) is 5.75 Å². The first-order valence-corrected chi connectivity index (χ1v) is 8.25. The zero-order chi connectivity index (χ0) is 17.6. The number of fused-ring (bicyclic) bond motifs is 1. The van der Waals surface area contributed by atoms with E-state index in [2.05, 4.69) is 5.32 Å². The maximum absolute atomic E-state index is 12.4. The van der Waals surface area contributed by atoms with Gasteiger partial charge in [0.2, 0.25) is 5.91 Å². The summed E-state index contributed by atoms with van der Waals surface area (Å²) in [6.45, 7) is 0.121. The van der Waals surface area contributed by atoms with Gasteiger partial charge in [-0.2, -0.15) is 0 Å². The smallest absolute Gasteiger partial charge is 0.228 e. The second kappa shape index (κ2) is 7.81. The molecule has 0 aromatic heterocycles. The van der Waals surface area contributed by atoms with Crippen molar-refractivity contribution >= 4 is 22.4 Å². The number of hydrogen-bond donors (Lipinski definition) is 2. The van der Waals surface area contributed by atoms with E-state index in [9.17, 15) is 4.79 Å². The number of ether oxygens (including phenoxy) is 1. The third-order valence-electron chi connectivity index (χ3n) is 4.17. The van der Waals surface area contributed by atoms with E-state index in [-0.39, 0.29) is 12.5 Å². The molecule has 128 valence electrons. The Bertz CT molecular complexity index is 872. The van der Waals surface area contributed by atoms with E-state index in [0.29, 0.717) is 12.8 Å². The third kappa shape index (κ3) is 4.17. The van der Waals surface area contributed by atoms with Gasteiger partial charge in [-0.25, -0.2) is 0 Å². The van der Waals surface area contributed by atoms with Crippen molar-refractivity contribution in [3.05, 3.63) is 71.8 Å². The van der Waals surface area contributed by atoms with Gasteiger partial charge in [-0.05, 0) is 52.6 Å². The lowest BCUT2D eigenvalue weighted by Gasteiger charge is -2.10. The van der Waals surface area contributed by atoms with Gasteiger partial charge in [0.1, 0.15) is 5.75 Å². The summed E-state index contributed by atoms with van der Waals surface area (Å²) in [5.74, 6) is 0.713. The van der Waals surface area contributed by atoms with Crippen LogP contribution in [0.1, 0.15) is 11.1 Å². The molecule has 0 spiro atoms. The molecule has 2 N–H and O–H groups in total. The lowest BCUT2D eigenvalue weighted by Crippen LogP contribution is -2.14. The Balaban J connectivity index is 1.75. The second-order valence-corrected chi connectivity index (χ2v) is 5.90. The van der Waals surface area contributed by atoms with Crippen molar-refractivity contribution in [3.63, 3.8) is 0 Å². The molecular weight excluding hydrogens is 314 g/mol. The van der Waals surface area contributed by atoms with E-state index in [1.54, 1.807) is 7.11 Å². The molecule has 0 saturated heterocycles. The molecule has 4 nitrogen and oxygen atoms in total. The minimum Gasteiger partial charge on any atom is -0.497 e. The van der Waals surface area contributed by atoms with E-state index in [1.165, 1.54) is 0 Å². The summed E-state index contributed by atoms with van der Waals surface area (Å²) in [6.07, 6.45) is 0.912. The average Bonchev–Trinajstić information content (AvgIpc) is 2.63. The van der Waals surface area contributed by atoms with Crippen molar-refractivity contribution in [1.29, 1.82) is 0 Å². The van der Waals surface area contributed by atoms with Crippen molar-refractivity contribution in [2.45, 2.75) is 12.8 Å². The number of aliphatic hydroxyl groups is 1. The number of rotatable bonds is 6. The van der Waals surface area contributed by atoms with Crippen LogP contribution in [-0.2, 0) is 17.6 Å². The molecule has 0 aliphatic carbocycles. The predicted octanol–water partition coefficient (Wildman–Crippen LogP) is 3.56. The standard InChI is InChI=1S/C21H21NO3/c1-25-19-10-7-16-3-2-4-17(20(16)14-19)13-21(24)22-18-8-5-15(6-9-18)11-12-23/h2-10,14,23H,11-13H2,1H3,(H,22,24). The highest BCUT2D eigenvalue weighted by molar-refractivity contribution is 5.96. The molecule has 0 fully saturated rings. The summed E-state index contributed by atoms with van der Waals surface area (Å²) < 4.78 is 5.29. The molecule has 4 heteroatoms. The quantitative estimate of drug-likeness (QED) is 0.724. The van der Waals surface area contributed by atoms with Crippen molar-refractivity contribution in [2.75, 3.05) is 19.0 Å². The number of hydrogen-bond acceptors (Lipinski definition) is 3. The zero-order valence-corrected chi connectivity index (χ0v) is 14.2. The molecule has 0 radical (unpaired) electrons. The number of anilines is 1. The van der Waals surface area contributed by atoms with Crippen LogP contribution in [0.15, 0.2) is 60.7 Å². The summed E-state index contributed by atoms with van der Waals surface area (Å²) in [4.78, 5) is 12.4. The van der Waals surface area contributed by atoms with Crippen molar-refractivity contribution < 1.29 is 14.6 Å². The fraction of sp³-hybridized carbons (Fsp3) is 0.190. The largest absolute Gasteiger partial charge is 0.497 e. The van der Waals surface area contributed by atoms with Gasteiger partial charge < -0.3 is 15.2 Å². The molecule has 3 aromatic rings. The molecule has 1 amide bonds. The lowest BCUT2D eigenvalue weighted by atomic mass is 10.0. The minimum absolute atomic E-state index is 0.0646. The first-order valence-electron chi connectivity index (χ1n) is 8.25. The van der Waals surface area contributed by atoms with Crippen LogP contribution in [0.25, 0.3) is 10.8 Å². The van der Waals surface area contributed by atoms with Crippen molar-refractivity contribution in [1.82, 2.24) is 0 Å². The molecule has 0 heterocycles. The summed E-state index contributed by atoms with van der Waals surface area (Å²) >= 11 is 0. The van der Waals surface area contributed by atoms with Crippen LogP contribution in [0, 0.1) is 0 Å². The van der Waals surface area contributed by atoms with Gasteiger partial charge in [-0.3, -0.25) is 4.79 Å². The Morgan fingerprint density at radius 1 is 1.08 bits per heavy atom. The summed E-state index contributed by atoms with van der Waals surface area (Å²) in [5, 5.41) is 14.0. The monoisotopic (exact) mass is 335 g/mol. The van der Waals surface area contributed by atoms with Gasteiger partial charge in [0.15, 0.2) is 0 Å². The number of methoxy groups -OCH3 is 1. The molecule has 0 atom stereocenters. The van der Waals surface area contributed by atoms with Crippen LogP contribution >= 0.6 is 0 Å². The van der Waals surface area contributed by atoms with Crippen LogP contribution < -0.4 is 10.1 Å². The Kier molecular flexibility index (Phi) is 5.31. The number of carbonyl (C=O) groups excluding carboxylic acids is 1. The molecule has 25 heavy (non-hydrogen) atoms. The first-order chi connectivity index (χ1) is 12.2. The Labute approximate surface area is 147 Å². The highest BCUT2D eigenvalue weighted by atomic mass is 16.5. The number of nitrogens with one attached hydrogen (secondary N) is 1. The first kappa shape index (κ1) is 17.0. The molecule has 0 aliphatic heterocycles. The predicted molar refractivity (Wildman–Crippen MR) is 100 cm³/mol. The fourth-order valence-electron chi connectivity index (χ4n) is 2.86. The lowest BCUT2D eigenvalue weighted by molar-refractivity contribution is -0.115. The third-order valence-corrected chi connectivity index (χ3v) is 4.17. The normalized spacial score (nSPS) is 10.6. The fourth-order valence-corrected chi connectivity index (χ4v) is 2.86. The SMILES string of the molecule is COc1ccc2cccc(CC(=O)Nc3ccc(CCO)cc3)c2c1. The molecule has 0 aliphatic rings. The van der Waals surface area contributed by atoms with Crippen molar-refractivity contribution in [2.24, 2.45) is 0 Å². The van der Waals surface area contributed by atoms with Crippen LogP contribution in [-0.4, -0.2) is 24.7 Å². The van der Waals surface area contributed by atoms with Gasteiger partial charge in [0.05, 0.1) is 13.5 Å². The van der Waals surface area contributed by atoms with Crippen LogP contribution in [0.3, 0.4) is 0 Å². The number of aliphatic hydroxyl groups excluding tert-OH is 1. The van der Waals surface area contributed by atoms with Crippen molar-refractivity contribution in [3.8, 4) is 5.75 Å². The molecule has 3 rings (SSSR count). The zero-order valence-electron chi connectivity index (χ0n) is 14.2. The van der Waals surface area contributed by atoms with Gasteiger partial charge >= 0.3 is 0 Å². The summed E-state index contributed by atoms with van der Waals surface area (Å²) in [6, 6.07) is 19.4. The van der Waals surface area contributed by atoms with Gasteiger partial charge in [-0.1, -0.05) is 36.4 Å². The highest BCUT2D eigenvalue weighted by Crippen LogP contribution is 2.24. The number of carbonyl (C=O) groups is 1. The Hall–Kier alpha value is -2.85. The maximum Gasteiger partial charge on any atom is 0.228 e. The van der Waals surface area contributed by atoms with E-state index in [1.807, 2.05) is 60.7 Å². The topological polar surface area (TPSA) is 58.6 Å². The molecular formula is C21H21NO3. The van der Waals surface area contributed by atoms with E-state index in [0.717, 1.165) is 33.3 Å². The van der Waals surface area contributed by atoms with Gasteiger partial charge in [0, 0.05) is 12.3 Å². The summed E-state index contributed by atoms with van der Waals surface area (Å²) in [7, 11) is 1.64. The average molecular weight is 335 g/mol. The number of amides is 1. The molecule has 3 aromatic carbocycles. The van der Waals surface area contributed by atoms with Gasteiger partial charge in [-0.15, -0.1) is 0 Å². The summed E-state index contributed by atoms with van der Waals surface area (Å²) in [5.41, 5.74) is 2.76. The Morgan fingerprint density at radius 3 is 2.60 bits per heavy atom. The number of benzene rings is 3. The Morgan fingerprint density at radius 2 is 1.88 bits per heavy atom. The minimum atomic E-state index is -0.0646. The maximum atomic E-state index is 12.4. The van der Waals surface area contributed by atoms with E-state index < -0.39 is 0 Å². The molecule has 0 bridgehead atoms. The molecule has 0 unspecified atom stereocenters. The van der Waals surface area contributed by atoms with E-state index in [4.69, 9.17) is 9.84 Å². The van der Waals surface area contributed by atoms with Crippen LogP contribution in [0.2, 0.25) is 0 Å². The van der Waals surface area contributed by atoms with Crippen LogP contribution in [0.4, 0.5) is 5.69 Å². The highest BCUT2D eigenvalue weighted by Gasteiger charge is 2.08. The molecule has 0 saturated carbocycles. The van der Waals surface area contributed by atoms with Gasteiger partial charge in [0.25, 0.3) is 0 Å².